The largest absolute Gasteiger partial charge is 0.481 e. The first-order valence-electron chi connectivity index (χ1n) is 8.57. The van der Waals surface area contributed by atoms with Crippen molar-refractivity contribution in [2.75, 3.05) is 6.54 Å². The molecule has 1 aliphatic heterocycles. The first kappa shape index (κ1) is 19.4. The van der Waals surface area contributed by atoms with Gasteiger partial charge in [-0.05, 0) is 25.0 Å². The number of aliphatic carboxylic acids is 2. The molecule has 4 N–H and O–H groups in total. The summed E-state index contributed by atoms with van der Waals surface area (Å²) in [5.41, 5.74) is 6.74. The molecule has 1 aromatic heterocycles. The predicted molar refractivity (Wildman–Crippen MR) is 101 cm³/mol. The molecule has 2 atom stereocenters. The maximum absolute atomic E-state index is 12.1. The molecule has 1 fully saturated rings. The number of primary amides is 1. The predicted octanol–water partition coefficient (Wildman–Crippen LogP) is 1.95. The summed E-state index contributed by atoms with van der Waals surface area (Å²) in [6, 6.07) is 3.78. The normalized spacial score (nSPS) is 18.6. The molecule has 2 heterocycles. The number of hydrogen-bond donors (Lipinski definition) is 3. The van der Waals surface area contributed by atoms with Crippen LogP contribution in [0.15, 0.2) is 28.9 Å². The molecule has 8 nitrogen and oxygen atoms in total. The first-order valence-corrected chi connectivity index (χ1v) is 9.37. The molecule has 0 radical (unpaired) electrons. The fourth-order valence-corrected chi connectivity index (χ4v) is 4.12. The number of halogens is 1. The zero-order valence-corrected chi connectivity index (χ0v) is 16.1. The van der Waals surface area contributed by atoms with Crippen molar-refractivity contribution >= 4 is 44.7 Å². The highest BCUT2D eigenvalue weighted by Gasteiger charge is 2.39. The van der Waals surface area contributed by atoms with Crippen LogP contribution in [0.5, 0.6) is 0 Å². The maximum atomic E-state index is 12.1. The Morgan fingerprint density at radius 2 is 2.04 bits per heavy atom. The number of carbonyl (C=O) groups excluding carboxylic acids is 1. The first-order chi connectivity index (χ1) is 12.8. The van der Waals surface area contributed by atoms with Crippen LogP contribution in [0, 0.1) is 0 Å². The number of nitrogens with two attached hydrogens (primary N) is 1. The molecule has 2 aromatic rings. The highest BCUT2D eigenvalue weighted by Crippen LogP contribution is 2.36. The highest BCUT2D eigenvalue weighted by atomic mass is 79.9. The number of hydrogen-bond acceptors (Lipinski definition) is 4. The van der Waals surface area contributed by atoms with Crippen LogP contribution < -0.4 is 5.73 Å². The van der Waals surface area contributed by atoms with Crippen molar-refractivity contribution in [3.63, 3.8) is 0 Å². The van der Waals surface area contributed by atoms with Gasteiger partial charge in [-0.15, -0.1) is 0 Å². The molecule has 0 saturated carbocycles. The molecule has 9 heteroatoms. The number of carboxylic acids is 2. The minimum absolute atomic E-state index is 0.0822. The monoisotopic (exact) mass is 437 g/mol. The van der Waals surface area contributed by atoms with E-state index < -0.39 is 29.9 Å². The van der Waals surface area contributed by atoms with Crippen molar-refractivity contribution in [3.8, 4) is 0 Å². The van der Waals surface area contributed by atoms with Gasteiger partial charge in [-0.1, -0.05) is 22.0 Å². The van der Waals surface area contributed by atoms with Gasteiger partial charge in [0.1, 0.15) is 6.04 Å². The Morgan fingerprint density at radius 1 is 1.30 bits per heavy atom. The molecule has 0 aliphatic carbocycles. The molecule has 0 spiro atoms. The van der Waals surface area contributed by atoms with Crippen molar-refractivity contribution in [1.29, 1.82) is 0 Å². The lowest BCUT2D eigenvalue weighted by molar-refractivity contribution is -0.145. The molecule has 3 rings (SSSR count). The zero-order chi connectivity index (χ0) is 19.7. The van der Waals surface area contributed by atoms with Crippen LogP contribution in [0.4, 0.5) is 0 Å². The van der Waals surface area contributed by atoms with E-state index >= 15 is 0 Å². The van der Waals surface area contributed by atoms with E-state index in [1.807, 2.05) is 12.1 Å². The summed E-state index contributed by atoms with van der Waals surface area (Å²) >= 11 is 3.40. The Bertz CT molecular complexity index is 910. The van der Waals surface area contributed by atoms with E-state index in [1.54, 1.807) is 21.7 Å². The van der Waals surface area contributed by atoms with Gasteiger partial charge in [-0.25, -0.2) is 0 Å². The molecule has 144 valence electrons. The number of nitrogens with zero attached hydrogens (tertiary/aromatic N) is 2. The highest BCUT2D eigenvalue weighted by molar-refractivity contribution is 9.10. The van der Waals surface area contributed by atoms with Gasteiger partial charge < -0.3 is 20.5 Å². The molecule has 1 saturated heterocycles. The quantitative estimate of drug-likeness (QED) is 0.607. The number of amides is 1. The SMILES string of the molecule is NC(=O)[C@@H]1CCCN1C(C(=O)O)c1cn(CCC(=O)O)c2cc(Br)ccc12. The Labute approximate surface area is 163 Å². The van der Waals surface area contributed by atoms with Gasteiger partial charge in [0.2, 0.25) is 5.91 Å². The van der Waals surface area contributed by atoms with Gasteiger partial charge >= 0.3 is 11.9 Å². The fourth-order valence-electron chi connectivity index (χ4n) is 3.77. The second kappa shape index (κ2) is 7.69. The molecular weight excluding hydrogens is 418 g/mol. The van der Waals surface area contributed by atoms with Crippen LogP contribution in [-0.4, -0.2) is 50.1 Å². The number of fused-ring (bicyclic) bond motifs is 1. The van der Waals surface area contributed by atoms with Crippen molar-refractivity contribution in [1.82, 2.24) is 9.47 Å². The summed E-state index contributed by atoms with van der Waals surface area (Å²) < 4.78 is 2.55. The van der Waals surface area contributed by atoms with Crippen LogP contribution in [0.25, 0.3) is 10.9 Å². The van der Waals surface area contributed by atoms with Gasteiger partial charge in [0.15, 0.2) is 0 Å². The lowest BCUT2D eigenvalue weighted by Crippen LogP contribution is -2.44. The van der Waals surface area contributed by atoms with Gasteiger partial charge in [-0.2, -0.15) is 0 Å². The Morgan fingerprint density at radius 3 is 2.67 bits per heavy atom. The topological polar surface area (TPSA) is 126 Å². The molecule has 1 aliphatic rings. The molecule has 0 bridgehead atoms. The molecule has 27 heavy (non-hydrogen) atoms. The van der Waals surface area contributed by atoms with Gasteiger partial charge in [0, 0.05) is 40.2 Å². The van der Waals surface area contributed by atoms with Crippen molar-refractivity contribution in [3.05, 3.63) is 34.4 Å². The Hall–Kier alpha value is -2.39. The van der Waals surface area contributed by atoms with Crippen LogP contribution in [0.1, 0.15) is 30.9 Å². The van der Waals surface area contributed by atoms with Crippen LogP contribution in [0.3, 0.4) is 0 Å². The Kier molecular flexibility index (Phi) is 5.52. The fraction of sp³-hybridized carbons (Fsp3) is 0.389. The summed E-state index contributed by atoms with van der Waals surface area (Å²) in [4.78, 5) is 36.5. The molecule has 1 aromatic carbocycles. The molecule has 1 unspecified atom stereocenters. The Balaban J connectivity index is 2.11. The summed E-state index contributed by atoms with van der Waals surface area (Å²) in [5, 5.41) is 19.6. The third kappa shape index (κ3) is 3.84. The summed E-state index contributed by atoms with van der Waals surface area (Å²) in [6.45, 7) is 0.677. The lowest BCUT2D eigenvalue weighted by Gasteiger charge is -2.28. The van der Waals surface area contributed by atoms with Crippen molar-refractivity contribution in [2.24, 2.45) is 5.73 Å². The minimum atomic E-state index is -1.07. The van der Waals surface area contributed by atoms with Gasteiger partial charge in [-0.3, -0.25) is 19.3 Å². The zero-order valence-electron chi connectivity index (χ0n) is 14.5. The smallest absolute Gasteiger partial charge is 0.325 e. The van der Waals surface area contributed by atoms with Crippen LogP contribution in [-0.2, 0) is 20.9 Å². The van der Waals surface area contributed by atoms with Crippen LogP contribution in [0.2, 0.25) is 0 Å². The minimum Gasteiger partial charge on any atom is -0.481 e. The number of benzene rings is 1. The van der Waals surface area contributed by atoms with E-state index in [9.17, 15) is 19.5 Å². The third-order valence-corrected chi connectivity index (χ3v) is 5.42. The molecule has 1 amide bonds. The summed E-state index contributed by atoms with van der Waals surface area (Å²) in [6.07, 6.45) is 2.82. The average Bonchev–Trinajstić information content (AvgIpc) is 3.18. The summed E-state index contributed by atoms with van der Waals surface area (Å²) in [7, 11) is 0. The second-order valence-electron chi connectivity index (χ2n) is 6.62. The van der Waals surface area contributed by atoms with E-state index in [0.29, 0.717) is 30.3 Å². The second-order valence-corrected chi connectivity index (χ2v) is 7.54. The van der Waals surface area contributed by atoms with Crippen LogP contribution >= 0.6 is 15.9 Å². The lowest BCUT2D eigenvalue weighted by atomic mass is 10.0. The van der Waals surface area contributed by atoms with E-state index in [1.165, 1.54) is 0 Å². The summed E-state index contributed by atoms with van der Waals surface area (Å²) in [5.74, 6) is -2.53. The number of carbonyl (C=O) groups is 3. The van der Waals surface area contributed by atoms with Crippen molar-refractivity contribution in [2.45, 2.75) is 37.9 Å². The molecular formula is C18H20BrN3O5. The number of likely N-dealkylation sites (tertiary alicyclic amines) is 1. The van der Waals surface area contributed by atoms with E-state index in [2.05, 4.69) is 15.9 Å². The van der Waals surface area contributed by atoms with E-state index in [-0.39, 0.29) is 13.0 Å². The standard InChI is InChI=1S/C18H20BrN3O5/c19-10-3-4-11-12(9-21(14(11)8-10)7-5-15(23)24)16(18(26)27)22-6-1-2-13(22)17(20)25/h3-4,8-9,13,16H,1-2,5-7H2,(H2,20,25)(H,23,24)(H,26,27)/t13-,16?/m0/s1. The van der Waals surface area contributed by atoms with Gasteiger partial charge in [0.25, 0.3) is 0 Å². The van der Waals surface area contributed by atoms with Crippen molar-refractivity contribution < 1.29 is 24.6 Å². The average molecular weight is 438 g/mol. The number of carboxylic acid groups (broad SMARTS) is 2. The number of aryl methyl sites for hydroxylation is 1. The maximum Gasteiger partial charge on any atom is 0.325 e. The van der Waals surface area contributed by atoms with E-state index in [4.69, 9.17) is 10.8 Å². The third-order valence-electron chi connectivity index (χ3n) is 4.92. The van der Waals surface area contributed by atoms with E-state index in [0.717, 1.165) is 9.99 Å². The number of rotatable bonds is 7. The van der Waals surface area contributed by atoms with Gasteiger partial charge in [0.05, 0.1) is 12.5 Å². The number of aromatic nitrogens is 1.